The van der Waals surface area contributed by atoms with Gasteiger partial charge in [0.1, 0.15) is 0 Å². The summed E-state index contributed by atoms with van der Waals surface area (Å²) >= 11 is 0. The molecule has 0 unspecified atom stereocenters. The van der Waals surface area contributed by atoms with Crippen molar-refractivity contribution in [3.63, 3.8) is 0 Å². The molecule has 0 aliphatic carbocycles. The number of likely N-dealkylation sites (N-methyl/N-ethyl adjacent to an activating group) is 1. The minimum atomic E-state index is -0.0531. The lowest BCUT2D eigenvalue weighted by molar-refractivity contribution is -0.116. The van der Waals surface area contributed by atoms with Crippen LogP contribution in [0.25, 0.3) is 11.0 Å². The van der Waals surface area contributed by atoms with E-state index in [1.54, 1.807) is 0 Å². The highest BCUT2D eigenvalue weighted by molar-refractivity contribution is 5.91. The normalized spacial score (nSPS) is 10.5. The molecule has 0 spiro atoms. The van der Waals surface area contributed by atoms with Crippen LogP contribution in [0.1, 0.15) is 25.8 Å². The second-order valence-electron chi connectivity index (χ2n) is 6.85. The number of aryl methyl sites for hydroxylation is 1. The van der Waals surface area contributed by atoms with E-state index in [0.29, 0.717) is 18.8 Å². The van der Waals surface area contributed by atoms with E-state index in [1.807, 2.05) is 48.5 Å². The number of carbonyl (C=O) groups excluding carboxylic acids is 1. The number of benzene rings is 2. The molecule has 2 aromatic carbocycles. The third-order valence-corrected chi connectivity index (χ3v) is 5.12. The minimum Gasteiger partial charge on any atom is -0.399 e. The van der Waals surface area contributed by atoms with Gasteiger partial charge in [-0.15, -0.1) is 24.8 Å². The van der Waals surface area contributed by atoms with E-state index in [-0.39, 0.29) is 30.7 Å². The van der Waals surface area contributed by atoms with Gasteiger partial charge in [-0.25, -0.2) is 4.98 Å². The molecule has 0 saturated carbocycles. The number of imidazole rings is 1. The van der Waals surface area contributed by atoms with Crippen LogP contribution in [-0.4, -0.2) is 40.0 Å². The molecule has 30 heavy (non-hydrogen) atoms. The Morgan fingerprint density at radius 3 is 2.43 bits per heavy atom. The lowest BCUT2D eigenvalue weighted by atomic mass is 10.1. The van der Waals surface area contributed by atoms with Crippen LogP contribution in [0.15, 0.2) is 48.5 Å². The summed E-state index contributed by atoms with van der Waals surface area (Å²) in [5.41, 5.74) is 9.63. The highest BCUT2D eigenvalue weighted by atomic mass is 35.5. The average Bonchev–Trinajstić information content (AvgIpc) is 3.05. The van der Waals surface area contributed by atoms with Crippen LogP contribution in [0.3, 0.4) is 0 Å². The van der Waals surface area contributed by atoms with Crippen molar-refractivity contribution in [1.29, 1.82) is 0 Å². The zero-order chi connectivity index (χ0) is 19.9. The number of para-hydroxylation sites is 3. The average molecular weight is 452 g/mol. The van der Waals surface area contributed by atoms with Crippen molar-refractivity contribution in [2.24, 2.45) is 0 Å². The first-order chi connectivity index (χ1) is 13.6. The Morgan fingerprint density at radius 1 is 1.07 bits per heavy atom. The zero-order valence-electron chi connectivity index (χ0n) is 17.5. The molecule has 0 radical (unpaired) electrons. The van der Waals surface area contributed by atoms with Crippen molar-refractivity contribution in [2.45, 2.75) is 33.2 Å². The third-order valence-electron chi connectivity index (χ3n) is 5.12. The van der Waals surface area contributed by atoms with Gasteiger partial charge in [-0.1, -0.05) is 44.2 Å². The van der Waals surface area contributed by atoms with Crippen LogP contribution < -0.4 is 11.1 Å². The van der Waals surface area contributed by atoms with Crippen molar-refractivity contribution in [3.8, 4) is 0 Å². The monoisotopic (exact) mass is 451 g/mol. The number of fused-ring (bicyclic) bond motifs is 1. The minimum absolute atomic E-state index is 0. The first-order valence-corrected chi connectivity index (χ1v) is 9.93. The lowest BCUT2D eigenvalue weighted by Gasteiger charge is -2.19. The number of hydrogen-bond acceptors (Lipinski definition) is 4. The predicted molar refractivity (Wildman–Crippen MR) is 130 cm³/mol. The molecule has 1 heterocycles. The molecule has 0 aliphatic heterocycles. The molecule has 0 fully saturated rings. The summed E-state index contributed by atoms with van der Waals surface area (Å²) < 4.78 is 2.10. The fourth-order valence-corrected chi connectivity index (χ4v) is 3.38. The summed E-state index contributed by atoms with van der Waals surface area (Å²) in [7, 11) is 0. The van der Waals surface area contributed by atoms with Crippen molar-refractivity contribution < 1.29 is 4.79 Å². The van der Waals surface area contributed by atoms with Crippen molar-refractivity contribution in [3.05, 3.63) is 54.1 Å². The number of aromatic nitrogens is 2. The van der Waals surface area contributed by atoms with Gasteiger partial charge in [-0.05, 0) is 43.3 Å². The van der Waals surface area contributed by atoms with Gasteiger partial charge in [-0.2, -0.15) is 0 Å². The maximum Gasteiger partial charge on any atom is 0.227 e. The van der Waals surface area contributed by atoms with Gasteiger partial charge in [0.15, 0.2) is 0 Å². The summed E-state index contributed by atoms with van der Waals surface area (Å²) in [6.07, 6.45) is 0.978. The van der Waals surface area contributed by atoms with Gasteiger partial charge in [0.25, 0.3) is 0 Å². The number of rotatable bonds is 9. The van der Waals surface area contributed by atoms with Crippen LogP contribution in [0, 0.1) is 0 Å². The molecule has 0 saturated heterocycles. The number of halogens is 2. The Morgan fingerprint density at radius 2 is 1.73 bits per heavy atom. The molecule has 3 N–H and O–H groups in total. The third kappa shape index (κ3) is 6.36. The summed E-state index contributed by atoms with van der Waals surface area (Å²) in [5, 5.41) is 3.00. The lowest BCUT2D eigenvalue weighted by Crippen LogP contribution is -2.27. The van der Waals surface area contributed by atoms with E-state index in [1.165, 1.54) is 0 Å². The number of amides is 1. The number of carbonyl (C=O) groups is 1. The van der Waals surface area contributed by atoms with Gasteiger partial charge in [0.05, 0.1) is 11.0 Å². The largest absolute Gasteiger partial charge is 0.399 e. The summed E-state index contributed by atoms with van der Waals surface area (Å²) in [6.45, 7) is 8.02. The first kappa shape index (κ1) is 25.8. The summed E-state index contributed by atoms with van der Waals surface area (Å²) in [4.78, 5) is 19.6. The molecule has 6 nitrogen and oxygen atoms in total. The van der Waals surface area contributed by atoms with Crippen molar-refractivity contribution >= 4 is 53.4 Å². The number of anilines is 2. The molecular formula is C22H31Cl2N5O. The maximum atomic E-state index is 12.6. The standard InChI is InChI=1S/C22H29N5O.2ClH/c1-3-26(4-2)15-16-27-20-12-8-7-11-19(20)24-22(27)25-21(28)14-13-17-9-5-6-10-18(17)23;;/h5-12H,3-4,13-16,23H2,1-2H3,(H,24,25,28);2*1H. The van der Waals surface area contributed by atoms with Crippen LogP contribution in [-0.2, 0) is 17.8 Å². The first-order valence-electron chi connectivity index (χ1n) is 9.93. The second kappa shape index (κ2) is 12.4. The molecule has 3 aromatic rings. The van der Waals surface area contributed by atoms with E-state index >= 15 is 0 Å². The fraction of sp³-hybridized carbons (Fsp3) is 0.364. The van der Waals surface area contributed by atoms with Crippen LogP contribution >= 0.6 is 24.8 Å². The molecule has 0 bridgehead atoms. The van der Waals surface area contributed by atoms with E-state index < -0.39 is 0 Å². The predicted octanol–water partition coefficient (Wildman–Crippen LogP) is 4.38. The molecule has 3 rings (SSSR count). The number of nitrogen functional groups attached to an aromatic ring is 1. The molecule has 8 heteroatoms. The molecule has 0 atom stereocenters. The molecule has 1 aromatic heterocycles. The Balaban J connectivity index is 0.00000225. The SMILES string of the molecule is CCN(CC)CCn1c(NC(=O)CCc2ccccc2N)nc2ccccc21.Cl.Cl. The fourth-order valence-electron chi connectivity index (χ4n) is 3.38. The molecule has 164 valence electrons. The van der Waals surface area contributed by atoms with Gasteiger partial charge >= 0.3 is 0 Å². The number of hydrogen-bond donors (Lipinski definition) is 2. The Hall–Kier alpha value is -2.28. The van der Waals surface area contributed by atoms with Crippen molar-refractivity contribution in [1.82, 2.24) is 14.5 Å². The van der Waals surface area contributed by atoms with E-state index in [2.05, 4.69) is 33.6 Å². The number of nitrogens with zero attached hydrogens (tertiary/aromatic N) is 3. The molecule has 0 aliphatic rings. The number of nitrogens with two attached hydrogens (primary N) is 1. The topological polar surface area (TPSA) is 76.2 Å². The quantitative estimate of drug-likeness (QED) is 0.473. The second-order valence-corrected chi connectivity index (χ2v) is 6.85. The van der Waals surface area contributed by atoms with Crippen molar-refractivity contribution in [2.75, 3.05) is 30.7 Å². The van der Waals surface area contributed by atoms with E-state index in [9.17, 15) is 4.79 Å². The van der Waals surface area contributed by atoms with Crippen LogP contribution in [0.5, 0.6) is 0 Å². The van der Waals surface area contributed by atoms with Crippen LogP contribution in [0.2, 0.25) is 0 Å². The van der Waals surface area contributed by atoms with E-state index in [4.69, 9.17) is 5.73 Å². The summed E-state index contributed by atoms with van der Waals surface area (Å²) in [6, 6.07) is 15.7. The smallest absolute Gasteiger partial charge is 0.227 e. The highest BCUT2D eigenvalue weighted by Gasteiger charge is 2.14. The van der Waals surface area contributed by atoms with Gasteiger partial charge < -0.3 is 15.2 Å². The zero-order valence-corrected chi connectivity index (χ0v) is 19.1. The Labute approximate surface area is 190 Å². The van der Waals surface area contributed by atoms with Gasteiger partial charge in [0, 0.05) is 25.2 Å². The highest BCUT2D eigenvalue weighted by Crippen LogP contribution is 2.20. The number of nitrogens with one attached hydrogen (secondary N) is 1. The van der Waals surface area contributed by atoms with E-state index in [0.717, 1.165) is 48.5 Å². The van der Waals surface area contributed by atoms with Crippen LogP contribution in [0.4, 0.5) is 11.6 Å². The summed E-state index contributed by atoms with van der Waals surface area (Å²) in [5.74, 6) is 0.557. The maximum absolute atomic E-state index is 12.6. The Bertz CT molecular complexity index is 940. The van der Waals surface area contributed by atoms with Gasteiger partial charge in [0.2, 0.25) is 11.9 Å². The molecular weight excluding hydrogens is 421 g/mol. The molecule has 1 amide bonds. The Kier molecular flexibility index (Phi) is 10.7. The van der Waals surface area contributed by atoms with Gasteiger partial charge in [-0.3, -0.25) is 10.1 Å².